The zero-order chi connectivity index (χ0) is 14.5. The van der Waals surface area contributed by atoms with E-state index in [1.54, 1.807) is 0 Å². The van der Waals surface area contributed by atoms with E-state index >= 15 is 0 Å². The molecule has 1 aliphatic rings. The molecule has 0 fully saturated rings. The summed E-state index contributed by atoms with van der Waals surface area (Å²) in [4.78, 5) is 12.5. The standard InChI is InChI=1S/C17H26N2O/c1-4-8-14(5-2)19-17(20)15-11-13-9-6-7-10-16(13)18-12(15)3/h6-7,9-10,12,14-15,18H,4-5,8,11H2,1-3H3,(H,19,20). The number of fused-ring (bicyclic) bond motifs is 1. The predicted octanol–water partition coefficient (Wildman–Crippen LogP) is 3.35. The molecule has 3 atom stereocenters. The number of anilines is 1. The highest BCUT2D eigenvalue weighted by Gasteiger charge is 2.30. The maximum Gasteiger partial charge on any atom is 0.225 e. The zero-order valence-electron chi connectivity index (χ0n) is 12.8. The molecule has 2 rings (SSSR count). The summed E-state index contributed by atoms with van der Waals surface area (Å²) in [7, 11) is 0. The van der Waals surface area contributed by atoms with Crippen molar-refractivity contribution in [1.29, 1.82) is 0 Å². The topological polar surface area (TPSA) is 41.1 Å². The normalized spacial score (nSPS) is 22.6. The first-order valence-corrected chi connectivity index (χ1v) is 7.80. The molecule has 3 heteroatoms. The zero-order valence-corrected chi connectivity index (χ0v) is 12.8. The third-order valence-electron chi connectivity index (χ3n) is 4.26. The van der Waals surface area contributed by atoms with Gasteiger partial charge in [0, 0.05) is 17.8 Å². The van der Waals surface area contributed by atoms with Crippen LogP contribution in [0.4, 0.5) is 5.69 Å². The fourth-order valence-electron chi connectivity index (χ4n) is 2.95. The van der Waals surface area contributed by atoms with Crippen molar-refractivity contribution in [1.82, 2.24) is 5.32 Å². The van der Waals surface area contributed by atoms with Crippen molar-refractivity contribution in [2.45, 2.75) is 58.5 Å². The smallest absolute Gasteiger partial charge is 0.225 e. The van der Waals surface area contributed by atoms with Gasteiger partial charge in [-0.2, -0.15) is 0 Å². The number of hydrogen-bond acceptors (Lipinski definition) is 2. The van der Waals surface area contributed by atoms with Gasteiger partial charge in [0.05, 0.1) is 5.92 Å². The largest absolute Gasteiger partial charge is 0.382 e. The molecule has 1 heterocycles. The summed E-state index contributed by atoms with van der Waals surface area (Å²) in [5.41, 5.74) is 2.42. The molecule has 0 aliphatic carbocycles. The summed E-state index contributed by atoms with van der Waals surface area (Å²) in [6.07, 6.45) is 4.01. The minimum Gasteiger partial charge on any atom is -0.382 e. The quantitative estimate of drug-likeness (QED) is 0.864. The van der Waals surface area contributed by atoms with Crippen LogP contribution in [-0.4, -0.2) is 18.0 Å². The Labute approximate surface area is 122 Å². The number of rotatable bonds is 5. The van der Waals surface area contributed by atoms with E-state index in [9.17, 15) is 4.79 Å². The fraction of sp³-hybridized carbons (Fsp3) is 0.588. The van der Waals surface area contributed by atoms with E-state index in [0.29, 0.717) is 6.04 Å². The summed E-state index contributed by atoms with van der Waals surface area (Å²) < 4.78 is 0. The fourth-order valence-corrected chi connectivity index (χ4v) is 2.95. The minimum absolute atomic E-state index is 0.0239. The Morgan fingerprint density at radius 1 is 1.40 bits per heavy atom. The molecule has 3 unspecified atom stereocenters. The van der Waals surface area contributed by atoms with Crippen molar-refractivity contribution >= 4 is 11.6 Å². The molecular weight excluding hydrogens is 248 g/mol. The maximum absolute atomic E-state index is 12.5. The third kappa shape index (κ3) is 3.33. The monoisotopic (exact) mass is 274 g/mol. The van der Waals surface area contributed by atoms with Crippen LogP contribution >= 0.6 is 0 Å². The Hall–Kier alpha value is -1.51. The average Bonchev–Trinajstić information content (AvgIpc) is 2.45. The lowest BCUT2D eigenvalue weighted by Gasteiger charge is -2.32. The van der Waals surface area contributed by atoms with E-state index in [1.807, 2.05) is 12.1 Å². The van der Waals surface area contributed by atoms with Crippen molar-refractivity contribution in [3.63, 3.8) is 0 Å². The van der Waals surface area contributed by atoms with Crippen LogP contribution in [0.2, 0.25) is 0 Å². The second-order valence-corrected chi connectivity index (χ2v) is 5.80. The predicted molar refractivity (Wildman–Crippen MR) is 83.9 cm³/mol. The second-order valence-electron chi connectivity index (χ2n) is 5.80. The summed E-state index contributed by atoms with van der Waals surface area (Å²) in [6.45, 7) is 6.40. The Balaban J connectivity index is 2.04. The number of nitrogens with one attached hydrogen (secondary N) is 2. The van der Waals surface area contributed by atoms with Gasteiger partial charge in [-0.05, 0) is 37.8 Å². The van der Waals surface area contributed by atoms with Gasteiger partial charge in [0.15, 0.2) is 0 Å². The first-order valence-electron chi connectivity index (χ1n) is 7.80. The van der Waals surface area contributed by atoms with Gasteiger partial charge >= 0.3 is 0 Å². The van der Waals surface area contributed by atoms with E-state index in [1.165, 1.54) is 11.3 Å². The van der Waals surface area contributed by atoms with Crippen LogP contribution in [0.25, 0.3) is 0 Å². The molecule has 0 bridgehead atoms. The molecular formula is C17H26N2O. The van der Waals surface area contributed by atoms with E-state index in [0.717, 1.165) is 25.7 Å². The molecule has 110 valence electrons. The number of carbonyl (C=O) groups is 1. The first-order chi connectivity index (χ1) is 9.65. The van der Waals surface area contributed by atoms with Crippen LogP contribution in [0.3, 0.4) is 0 Å². The van der Waals surface area contributed by atoms with Crippen molar-refractivity contribution in [2.24, 2.45) is 5.92 Å². The molecule has 1 amide bonds. The van der Waals surface area contributed by atoms with E-state index in [-0.39, 0.29) is 17.9 Å². The molecule has 1 aromatic carbocycles. The van der Waals surface area contributed by atoms with E-state index < -0.39 is 0 Å². The van der Waals surface area contributed by atoms with E-state index in [4.69, 9.17) is 0 Å². The number of amides is 1. The third-order valence-corrected chi connectivity index (χ3v) is 4.26. The molecule has 0 aromatic heterocycles. The molecule has 2 N–H and O–H groups in total. The molecule has 20 heavy (non-hydrogen) atoms. The Morgan fingerprint density at radius 2 is 2.15 bits per heavy atom. The van der Waals surface area contributed by atoms with Crippen molar-refractivity contribution in [3.05, 3.63) is 29.8 Å². The summed E-state index contributed by atoms with van der Waals surface area (Å²) in [5.74, 6) is 0.218. The van der Waals surface area contributed by atoms with Gasteiger partial charge in [-0.1, -0.05) is 38.5 Å². The molecule has 0 saturated carbocycles. The molecule has 3 nitrogen and oxygen atoms in total. The van der Waals surface area contributed by atoms with Crippen LogP contribution in [0.15, 0.2) is 24.3 Å². The highest BCUT2D eigenvalue weighted by molar-refractivity contribution is 5.81. The van der Waals surface area contributed by atoms with E-state index in [2.05, 4.69) is 43.5 Å². The van der Waals surface area contributed by atoms with Gasteiger partial charge < -0.3 is 10.6 Å². The SMILES string of the molecule is CCCC(CC)NC(=O)C1Cc2ccccc2NC1C. The van der Waals surface area contributed by atoms with Gasteiger partial charge in [0.2, 0.25) is 5.91 Å². The number of carbonyl (C=O) groups excluding carboxylic acids is 1. The first kappa shape index (κ1) is 14.9. The van der Waals surface area contributed by atoms with Gasteiger partial charge in [-0.3, -0.25) is 4.79 Å². The Kier molecular flexibility index (Phi) is 5.05. The molecule has 0 saturated heterocycles. The van der Waals surface area contributed by atoms with Gasteiger partial charge in [0.25, 0.3) is 0 Å². The lowest BCUT2D eigenvalue weighted by Crippen LogP contribution is -2.46. The van der Waals surface area contributed by atoms with Gasteiger partial charge in [-0.25, -0.2) is 0 Å². The minimum atomic E-state index is 0.0239. The van der Waals surface area contributed by atoms with Crippen molar-refractivity contribution in [3.8, 4) is 0 Å². The summed E-state index contributed by atoms with van der Waals surface area (Å²) in [5, 5.41) is 6.67. The van der Waals surface area contributed by atoms with Crippen LogP contribution < -0.4 is 10.6 Å². The lowest BCUT2D eigenvalue weighted by molar-refractivity contribution is -0.126. The highest BCUT2D eigenvalue weighted by Crippen LogP contribution is 2.28. The van der Waals surface area contributed by atoms with Crippen LogP contribution in [-0.2, 0) is 11.2 Å². The second kappa shape index (κ2) is 6.78. The summed E-state index contributed by atoms with van der Waals surface area (Å²) in [6, 6.07) is 8.77. The summed E-state index contributed by atoms with van der Waals surface area (Å²) >= 11 is 0. The Morgan fingerprint density at radius 3 is 2.85 bits per heavy atom. The molecule has 1 aromatic rings. The van der Waals surface area contributed by atoms with Crippen molar-refractivity contribution in [2.75, 3.05) is 5.32 Å². The lowest BCUT2D eigenvalue weighted by atomic mass is 9.87. The molecule has 0 spiro atoms. The number of hydrogen-bond donors (Lipinski definition) is 2. The molecule has 1 aliphatic heterocycles. The van der Waals surface area contributed by atoms with Crippen LogP contribution in [0, 0.1) is 5.92 Å². The molecule has 0 radical (unpaired) electrons. The van der Waals surface area contributed by atoms with Gasteiger partial charge in [-0.15, -0.1) is 0 Å². The van der Waals surface area contributed by atoms with Crippen molar-refractivity contribution < 1.29 is 4.79 Å². The average molecular weight is 274 g/mol. The Bertz CT molecular complexity index is 458. The highest BCUT2D eigenvalue weighted by atomic mass is 16.2. The van der Waals surface area contributed by atoms with Gasteiger partial charge in [0.1, 0.15) is 0 Å². The number of para-hydroxylation sites is 1. The number of benzene rings is 1. The van der Waals surface area contributed by atoms with Crippen LogP contribution in [0.1, 0.15) is 45.6 Å². The van der Waals surface area contributed by atoms with Crippen LogP contribution in [0.5, 0.6) is 0 Å². The maximum atomic E-state index is 12.5.